The van der Waals surface area contributed by atoms with E-state index in [0.717, 1.165) is 18.5 Å². The monoisotopic (exact) mass is 1090 g/mol. The van der Waals surface area contributed by atoms with Crippen LogP contribution in [0.5, 0.6) is 0 Å². The Morgan fingerprint density at radius 1 is 0.400 bits per heavy atom. The van der Waals surface area contributed by atoms with Crippen LogP contribution in [0.2, 0.25) is 0 Å². The van der Waals surface area contributed by atoms with Gasteiger partial charge in [-0.1, -0.05) is 114 Å². The van der Waals surface area contributed by atoms with Crippen LogP contribution >= 0.6 is 0 Å². The Labute approximate surface area is 415 Å². The standard InChI is InChI=1S/C27H41N2O.C24BF20/c1-2-3-4-5-6-7-8-9-10-11-12-13-17-20-27(30)26-23-28-21-22-29(26)24-25-18-15-14-16-19-25;26-5-1(6(27)14(35)21(42)13(5)34)25(2-7(28)15(36)22(43)16(37)8(2)29,3-9(30)17(38)23(44)18(39)10(3)31)4-11(32)19(40)24(45)20(41)12(4)33/h14-16,18-19,21-23H,2-13,17,20,24H2,1H3;/q+1;-1. The predicted molar refractivity (Wildman–Crippen MR) is 234 cm³/mol. The highest BCUT2D eigenvalue weighted by Crippen LogP contribution is 2.31. The Morgan fingerprint density at radius 3 is 0.987 bits per heavy atom. The maximum absolute atomic E-state index is 15.4. The van der Waals surface area contributed by atoms with Crippen molar-refractivity contribution in [2.24, 2.45) is 0 Å². The van der Waals surface area contributed by atoms with Crippen molar-refractivity contribution >= 4 is 33.8 Å². The number of rotatable bonds is 21. The van der Waals surface area contributed by atoms with Crippen LogP contribution in [-0.2, 0) is 6.54 Å². The first-order valence-electron chi connectivity index (χ1n) is 23.1. The van der Waals surface area contributed by atoms with Crippen LogP contribution < -0.4 is 26.4 Å². The molecule has 6 aromatic rings. The van der Waals surface area contributed by atoms with Crippen LogP contribution in [0.1, 0.15) is 113 Å². The zero-order valence-corrected chi connectivity index (χ0v) is 39.2. The predicted octanol–water partition coefficient (Wildman–Crippen LogP) is 12.9. The summed E-state index contributed by atoms with van der Waals surface area (Å²) < 4.78 is 296. The molecular formula is C51H41BF20N2O. The lowest BCUT2D eigenvalue weighted by atomic mass is 9.12. The van der Waals surface area contributed by atoms with E-state index in [9.17, 15) is 57.5 Å². The number of hydrogen-bond acceptors (Lipinski definition) is 2. The summed E-state index contributed by atoms with van der Waals surface area (Å²) >= 11 is 0. The summed E-state index contributed by atoms with van der Waals surface area (Å²) in [5, 5.41) is 0. The Hall–Kier alpha value is -6.49. The largest absolute Gasteiger partial charge is 0.287 e. The van der Waals surface area contributed by atoms with Crippen LogP contribution in [0.15, 0.2) is 48.9 Å². The van der Waals surface area contributed by atoms with E-state index in [1.54, 1.807) is 12.4 Å². The molecule has 0 aliphatic rings. The topological polar surface area (TPSA) is 33.8 Å². The number of halogens is 20. The smallest absolute Gasteiger partial charge is 0.267 e. The highest BCUT2D eigenvalue weighted by molar-refractivity contribution is 7.20. The molecule has 0 unspecified atom stereocenters. The minimum atomic E-state index is -7.22. The fourth-order valence-corrected chi connectivity index (χ4v) is 8.84. The molecule has 3 nitrogen and oxygen atoms in total. The number of benzene rings is 5. The van der Waals surface area contributed by atoms with E-state index in [1.807, 2.05) is 29.0 Å². The minimum absolute atomic E-state index is 0.210. The van der Waals surface area contributed by atoms with Gasteiger partial charge in [-0.25, -0.2) is 87.8 Å². The van der Waals surface area contributed by atoms with Crippen molar-refractivity contribution in [3.63, 3.8) is 0 Å². The molecule has 0 aliphatic carbocycles. The molecule has 0 radical (unpaired) electrons. The third kappa shape index (κ3) is 12.0. The van der Waals surface area contributed by atoms with Crippen molar-refractivity contribution < 1.29 is 97.2 Å². The van der Waals surface area contributed by atoms with Gasteiger partial charge < -0.3 is 0 Å². The molecule has 24 heteroatoms. The normalized spacial score (nSPS) is 11.6. The Bertz CT molecular complexity index is 2650. The van der Waals surface area contributed by atoms with Gasteiger partial charge in [0.25, 0.3) is 5.69 Å². The third-order valence-corrected chi connectivity index (χ3v) is 12.5. The summed E-state index contributed by atoms with van der Waals surface area (Å²) in [4.78, 5) is 16.9. The zero-order valence-electron chi connectivity index (χ0n) is 39.2. The fourth-order valence-electron chi connectivity index (χ4n) is 8.84. The van der Waals surface area contributed by atoms with Crippen molar-refractivity contribution in [3.8, 4) is 0 Å². The first-order chi connectivity index (χ1) is 35.5. The number of aromatic nitrogens is 2. The highest BCUT2D eigenvalue weighted by Gasteiger charge is 2.52. The molecular weight excluding hydrogens is 1050 g/mol. The SMILES string of the molecule is CCCCCCCCCCCCCCCC(=O)c1cncc[n+]1Cc1ccccc1.Fc1c(F)c(F)c([B-](c2c(F)c(F)c(F)c(F)c2F)(c2c(F)c(F)c(F)c(F)c2F)c2c(F)c(F)c(F)c(F)c2F)c(F)c1F. The Morgan fingerprint density at radius 2 is 0.680 bits per heavy atom. The lowest BCUT2D eigenvalue weighted by Gasteiger charge is -2.44. The molecule has 0 amide bonds. The minimum Gasteiger partial charge on any atom is -0.287 e. The number of hydrogen-bond donors (Lipinski definition) is 0. The van der Waals surface area contributed by atoms with Crippen molar-refractivity contribution in [1.82, 2.24) is 4.98 Å². The van der Waals surface area contributed by atoms with E-state index in [-0.39, 0.29) is 5.78 Å². The van der Waals surface area contributed by atoms with Crippen LogP contribution in [-0.4, -0.2) is 16.9 Å². The maximum Gasteiger partial charge on any atom is 0.267 e. The average molecular weight is 1090 g/mol. The van der Waals surface area contributed by atoms with E-state index in [4.69, 9.17) is 0 Å². The van der Waals surface area contributed by atoms with Crippen LogP contribution in [0.25, 0.3) is 0 Å². The van der Waals surface area contributed by atoms with Gasteiger partial charge in [-0.3, -0.25) is 9.78 Å². The lowest BCUT2D eigenvalue weighted by molar-refractivity contribution is -0.690. The van der Waals surface area contributed by atoms with Crippen LogP contribution in [0.3, 0.4) is 0 Å². The molecule has 0 N–H and O–H groups in total. The lowest BCUT2D eigenvalue weighted by Crippen LogP contribution is -2.81. The number of ketones is 1. The quantitative estimate of drug-likeness (QED) is 0.0137. The average Bonchev–Trinajstić information content (AvgIpc) is 3.40. The number of unbranched alkanes of at least 4 members (excludes halogenated alkanes) is 12. The summed E-state index contributed by atoms with van der Waals surface area (Å²) in [6.07, 6.45) is 16.0. The van der Waals surface area contributed by atoms with E-state index >= 15 is 35.1 Å². The highest BCUT2D eigenvalue weighted by atomic mass is 19.2. The van der Waals surface area contributed by atoms with Crippen molar-refractivity contribution in [1.29, 1.82) is 0 Å². The van der Waals surface area contributed by atoms with Gasteiger partial charge in [-0.05, 0) is 6.42 Å². The third-order valence-electron chi connectivity index (χ3n) is 12.5. The fraction of sp³-hybridized carbons (Fsp3) is 0.314. The van der Waals surface area contributed by atoms with Gasteiger partial charge in [0.05, 0.1) is 6.20 Å². The van der Waals surface area contributed by atoms with Gasteiger partial charge in [0, 0.05) is 12.0 Å². The molecule has 5 aromatic carbocycles. The molecule has 0 atom stereocenters. The van der Waals surface area contributed by atoms with E-state index < -0.39 is 144 Å². The van der Waals surface area contributed by atoms with Crippen molar-refractivity contribution in [2.45, 2.75) is 103 Å². The molecule has 1 aromatic heterocycles. The second-order valence-electron chi connectivity index (χ2n) is 17.3. The van der Waals surface area contributed by atoms with Gasteiger partial charge in [-0.15, -0.1) is 21.9 Å². The summed E-state index contributed by atoms with van der Waals surface area (Å²) in [5.41, 5.74) is -12.4. The van der Waals surface area contributed by atoms with Crippen molar-refractivity contribution in [3.05, 3.63) is 177 Å². The Kier molecular flexibility index (Phi) is 20.5. The molecule has 0 bridgehead atoms. The number of carbonyl (C=O) groups is 1. The molecule has 404 valence electrons. The van der Waals surface area contributed by atoms with Gasteiger partial charge in [0.1, 0.15) is 58.9 Å². The summed E-state index contributed by atoms with van der Waals surface area (Å²) in [6, 6.07) is 10.3. The number of nitrogens with zero attached hydrogens (tertiary/aromatic N) is 2. The molecule has 1 heterocycles. The number of carbonyl (C=O) groups excluding carboxylic acids is 1. The van der Waals surface area contributed by atoms with Gasteiger partial charge >= 0.3 is 0 Å². The molecule has 0 saturated carbocycles. The molecule has 0 fully saturated rings. The zero-order chi connectivity index (χ0) is 55.6. The first kappa shape index (κ1) is 59.4. The summed E-state index contributed by atoms with van der Waals surface area (Å²) in [7, 11) is 0. The molecule has 0 aliphatic heterocycles. The second kappa shape index (κ2) is 25.8. The van der Waals surface area contributed by atoms with Gasteiger partial charge in [0.2, 0.25) is 5.78 Å². The second-order valence-corrected chi connectivity index (χ2v) is 17.3. The molecule has 0 saturated heterocycles. The summed E-state index contributed by atoms with van der Waals surface area (Å²) in [5.74, 6) is -71.2. The summed E-state index contributed by atoms with van der Waals surface area (Å²) in [6.45, 7) is 2.99. The van der Waals surface area contributed by atoms with E-state index in [1.165, 1.54) is 76.2 Å². The molecule has 75 heavy (non-hydrogen) atoms. The van der Waals surface area contributed by atoms with Crippen LogP contribution in [0.4, 0.5) is 87.8 Å². The Balaban J connectivity index is 0.000000301. The van der Waals surface area contributed by atoms with E-state index in [2.05, 4.69) is 24.0 Å². The van der Waals surface area contributed by atoms with Crippen LogP contribution in [0, 0.1) is 116 Å². The van der Waals surface area contributed by atoms with Crippen molar-refractivity contribution in [2.75, 3.05) is 0 Å². The maximum atomic E-state index is 15.4. The van der Waals surface area contributed by atoms with E-state index in [0.29, 0.717) is 13.0 Å². The molecule has 6 rings (SSSR count). The first-order valence-corrected chi connectivity index (χ1v) is 23.1. The number of Topliss-reactive ketones (excluding diaryl/α,β-unsaturated/α-hetero) is 1. The van der Waals surface area contributed by atoms with Gasteiger partial charge in [-0.2, -0.15) is 4.57 Å². The molecule has 0 spiro atoms. The van der Waals surface area contributed by atoms with Gasteiger partial charge in [0.15, 0.2) is 82.5 Å².